The smallest absolute Gasteiger partial charge is 0.348 e. The molecule has 2 heterocycles. The number of carbonyl (C=O) groups excluding carboxylic acids is 3. The van der Waals surface area contributed by atoms with Crippen LogP contribution in [0.1, 0.15) is 25.6 Å². The molecule has 0 aliphatic heterocycles. The van der Waals surface area contributed by atoms with Crippen LogP contribution in [0.25, 0.3) is 10.9 Å². The molecule has 0 aliphatic rings. The van der Waals surface area contributed by atoms with E-state index in [1.807, 2.05) is 0 Å². The normalized spacial score (nSPS) is 10.7. The molecule has 0 fully saturated rings. The van der Waals surface area contributed by atoms with Crippen LogP contribution < -0.4 is 10.9 Å². The van der Waals surface area contributed by atoms with E-state index in [-0.39, 0.29) is 36.4 Å². The van der Waals surface area contributed by atoms with Crippen LogP contribution in [0.2, 0.25) is 10.0 Å². The zero-order valence-electron chi connectivity index (χ0n) is 16.4. The molecule has 0 spiro atoms. The molecule has 0 saturated heterocycles. The van der Waals surface area contributed by atoms with Gasteiger partial charge >= 0.3 is 11.9 Å². The van der Waals surface area contributed by atoms with Crippen LogP contribution in [0.5, 0.6) is 0 Å². The van der Waals surface area contributed by atoms with Gasteiger partial charge in [0.05, 0.1) is 42.0 Å². The highest BCUT2D eigenvalue weighted by Crippen LogP contribution is 2.34. The first-order valence-electron chi connectivity index (χ1n) is 8.62. The number of ether oxygens (including phenoxy) is 2. The van der Waals surface area contributed by atoms with E-state index in [4.69, 9.17) is 32.7 Å². The minimum atomic E-state index is -0.729. The van der Waals surface area contributed by atoms with Gasteiger partial charge in [0.25, 0.3) is 5.56 Å². The first-order valence-corrected chi connectivity index (χ1v) is 10.2. The number of fused-ring (bicyclic) bond motifs is 1. The van der Waals surface area contributed by atoms with Crippen molar-refractivity contribution in [2.75, 3.05) is 19.5 Å². The van der Waals surface area contributed by atoms with Crippen molar-refractivity contribution in [3.05, 3.63) is 54.9 Å². The fourth-order valence-corrected chi connectivity index (χ4v) is 4.54. The summed E-state index contributed by atoms with van der Waals surface area (Å²) in [5.41, 5.74) is 0.0873. The van der Waals surface area contributed by atoms with Gasteiger partial charge in [-0.3, -0.25) is 14.2 Å². The molecule has 3 aromatic rings. The number of nitrogens with one attached hydrogen (secondary N) is 1. The standard InChI is InChI=1S/C19H15Cl2N3O6S/c1-8-13(18(27)29-2)16(31-15(8)19(28)30-3)23-12(25)6-24-7-22-14-10(17(24)26)4-9(20)5-11(14)21/h4-5,7H,6H2,1-3H3,(H,23,25). The van der Waals surface area contributed by atoms with Gasteiger partial charge in [-0.05, 0) is 24.6 Å². The average Bonchev–Trinajstić information content (AvgIpc) is 3.04. The number of thiophene rings is 1. The van der Waals surface area contributed by atoms with Crippen LogP contribution in [0.15, 0.2) is 23.3 Å². The number of hydrogen-bond acceptors (Lipinski definition) is 8. The fourth-order valence-electron chi connectivity index (χ4n) is 2.87. The zero-order valence-corrected chi connectivity index (χ0v) is 18.8. The molecule has 0 radical (unpaired) electrons. The van der Waals surface area contributed by atoms with E-state index in [1.54, 1.807) is 0 Å². The largest absolute Gasteiger partial charge is 0.465 e. The fraction of sp³-hybridized carbons (Fsp3) is 0.211. The Morgan fingerprint density at radius 2 is 1.84 bits per heavy atom. The third-order valence-corrected chi connectivity index (χ3v) is 6.01. The number of methoxy groups -OCH3 is 2. The van der Waals surface area contributed by atoms with Gasteiger partial charge in [0.2, 0.25) is 5.91 Å². The van der Waals surface area contributed by atoms with E-state index in [0.717, 1.165) is 15.9 Å². The molecule has 0 atom stereocenters. The second-order valence-corrected chi connectivity index (χ2v) is 8.12. The Labute approximate surface area is 189 Å². The second kappa shape index (κ2) is 9.04. The Morgan fingerprint density at radius 3 is 2.48 bits per heavy atom. The Bertz CT molecular complexity index is 1280. The van der Waals surface area contributed by atoms with E-state index < -0.39 is 29.9 Å². The summed E-state index contributed by atoms with van der Waals surface area (Å²) in [6, 6.07) is 2.87. The highest BCUT2D eigenvalue weighted by molar-refractivity contribution is 7.18. The Morgan fingerprint density at radius 1 is 1.16 bits per heavy atom. The van der Waals surface area contributed by atoms with Crippen LogP contribution in [0.4, 0.5) is 5.00 Å². The molecule has 31 heavy (non-hydrogen) atoms. The Balaban J connectivity index is 1.94. The molecular formula is C19H15Cl2N3O6S. The van der Waals surface area contributed by atoms with Crippen molar-refractivity contribution in [1.82, 2.24) is 9.55 Å². The molecule has 9 nitrogen and oxygen atoms in total. The van der Waals surface area contributed by atoms with Gasteiger partial charge in [0.1, 0.15) is 16.4 Å². The lowest BCUT2D eigenvalue weighted by Crippen LogP contribution is -2.28. The predicted molar refractivity (Wildman–Crippen MR) is 116 cm³/mol. The van der Waals surface area contributed by atoms with Crippen molar-refractivity contribution in [3.8, 4) is 0 Å². The summed E-state index contributed by atoms with van der Waals surface area (Å²) in [5, 5.41) is 3.27. The van der Waals surface area contributed by atoms with Crippen LogP contribution in [-0.2, 0) is 20.8 Å². The average molecular weight is 484 g/mol. The minimum Gasteiger partial charge on any atom is -0.465 e. The van der Waals surface area contributed by atoms with Crippen molar-refractivity contribution < 1.29 is 23.9 Å². The third-order valence-electron chi connectivity index (χ3n) is 4.32. The number of anilines is 1. The van der Waals surface area contributed by atoms with E-state index in [2.05, 4.69) is 10.3 Å². The Kier molecular flexibility index (Phi) is 6.63. The van der Waals surface area contributed by atoms with E-state index in [0.29, 0.717) is 5.56 Å². The molecule has 3 rings (SSSR count). The van der Waals surface area contributed by atoms with Gasteiger partial charge in [0.15, 0.2) is 0 Å². The van der Waals surface area contributed by atoms with Gasteiger partial charge in [-0.15, -0.1) is 11.3 Å². The summed E-state index contributed by atoms with van der Waals surface area (Å²) in [5.74, 6) is -2.01. The summed E-state index contributed by atoms with van der Waals surface area (Å²) < 4.78 is 10.5. The lowest BCUT2D eigenvalue weighted by atomic mass is 10.1. The number of rotatable bonds is 5. The molecule has 0 bridgehead atoms. The molecule has 12 heteroatoms. The van der Waals surface area contributed by atoms with Crippen molar-refractivity contribution in [1.29, 1.82) is 0 Å². The summed E-state index contributed by atoms with van der Waals surface area (Å²) in [4.78, 5) is 53.7. The molecule has 0 unspecified atom stereocenters. The van der Waals surface area contributed by atoms with E-state index in [9.17, 15) is 19.2 Å². The van der Waals surface area contributed by atoms with E-state index in [1.165, 1.54) is 39.6 Å². The summed E-state index contributed by atoms with van der Waals surface area (Å²) in [6.07, 6.45) is 1.19. The number of esters is 2. The first-order chi connectivity index (χ1) is 14.7. The van der Waals surface area contributed by atoms with Crippen LogP contribution >= 0.6 is 34.5 Å². The highest BCUT2D eigenvalue weighted by atomic mass is 35.5. The lowest BCUT2D eigenvalue weighted by Gasteiger charge is -2.09. The minimum absolute atomic E-state index is 0.0313. The van der Waals surface area contributed by atoms with Gasteiger partial charge in [0, 0.05) is 5.02 Å². The van der Waals surface area contributed by atoms with Crippen molar-refractivity contribution >= 4 is 68.3 Å². The zero-order chi connectivity index (χ0) is 22.9. The number of benzene rings is 1. The van der Waals surface area contributed by atoms with Gasteiger partial charge in [-0.25, -0.2) is 14.6 Å². The van der Waals surface area contributed by atoms with Crippen LogP contribution in [0, 0.1) is 6.92 Å². The lowest BCUT2D eigenvalue weighted by molar-refractivity contribution is -0.116. The molecule has 0 saturated carbocycles. The van der Waals surface area contributed by atoms with Crippen molar-refractivity contribution in [2.24, 2.45) is 0 Å². The van der Waals surface area contributed by atoms with E-state index >= 15 is 0 Å². The third kappa shape index (κ3) is 4.41. The number of carbonyl (C=O) groups is 3. The number of hydrogen-bond donors (Lipinski definition) is 1. The van der Waals surface area contributed by atoms with Crippen molar-refractivity contribution in [2.45, 2.75) is 13.5 Å². The van der Waals surface area contributed by atoms with Crippen LogP contribution in [0.3, 0.4) is 0 Å². The molecule has 1 N–H and O–H groups in total. The quantitative estimate of drug-likeness (QED) is 0.553. The van der Waals surface area contributed by atoms with Gasteiger partial charge in [-0.2, -0.15) is 0 Å². The topological polar surface area (TPSA) is 117 Å². The molecular weight excluding hydrogens is 469 g/mol. The summed E-state index contributed by atoms with van der Waals surface area (Å²) >= 11 is 12.9. The number of amides is 1. The molecule has 1 amide bonds. The SMILES string of the molecule is COC(=O)c1sc(NC(=O)Cn2cnc3c(Cl)cc(Cl)cc3c2=O)c(C(=O)OC)c1C. The summed E-state index contributed by atoms with van der Waals surface area (Å²) in [7, 11) is 2.38. The second-order valence-electron chi connectivity index (χ2n) is 6.25. The molecule has 0 aliphatic carbocycles. The van der Waals surface area contributed by atoms with Gasteiger partial charge < -0.3 is 14.8 Å². The highest BCUT2D eigenvalue weighted by Gasteiger charge is 2.27. The monoisotopic (exact) mass is 483 g/mol. The van der Waals surface area contributed by atoms with Crippen molar-refractivity contribution in [3.63, 3.8) is 0 Å². The Hall–Kier alpha value is -2.95. The number of halogens is 2. The predicted octanol–water partition coefficient (Wildman–Crippen LogP) is 3.29. The maximum Gasteiger partial charge on any atom is 0.348 e. The summed E-state index contributed by atoms with van der Waals surface area (Å²) in [6.45, 7) is 1.13. The molecule has 2 aromatic heterocycles. The molecule has 1 aromatic carbocycles. The van der Waals surface area contributed by atoms with Crippen LogP contribution in [-0.4, -0.2) is 41.6 Å². The number of aromatic nitrogens is 2. The van der Waals surface area contributed by atoms with Gasteiger partial charge in [-0.1, -0.05) is 23.2 Å². The first kappa shape index (κ1) is 22.7. The maximum absolute atomic E-state index is 12.7. The number of nitrogens with zero attached hydrogens (tertiary/aromatic N) is 2. The maximum atomic E-state index is 12.7. The molecule has 162 valence electrons.